The molecule has 3 heteroatoms. The highest BCUT2D eigenvalue weighted by Gasteiger charge is 1.99. The van der Waals surface area contributed by atoms with Gasteiger partial charge in [-0.25, -0.2) is 4.98 Å². The number of pyridine rings is 1. The molecule has 0 unspecified atom stereocenters. The minimum absolute atomic E-state index is 0.556. The molecule has 0 saturated heterocycles. The van der Waals surface area contributed by atoms with E-state index >= 15 is 0 Å². The molecule has 0 spiro atoms. The SMILES string of the molecule is N#Cc1ccc(Nc2ccc(-c3ccccc3)cc2)nc1. The van der Waals surface area contributed by atoms with Gasteiger partial charge in [-0.1, -0.05) is 42.5 Å². The average Bonchev–Trinajstić information content (AvgIpc) is 2.57. The fourth-order valence-corrected chi connectivity index (χ4v) is 2.06. The van der Waals surface area contributed by atoms with Crippen LogP contribution in [0.3, 0.4) is 0 Å². The highest BCUT2D eigenvalue weighted by molar-refractivity contribution is 5.67. The molecule has 2 aromatic carbocycles. The largest absolute Gasteiger partial charge is 0.340 e. The molecule has 0 aliphatic heterocycles. The first kappa shape index (κ1) is 12.9. The minimum atomic E-state index is 0.556. The van der Waals surface area contributed by atoms with Gasteiger partial charge in [0.25, 0.3) is 0 Å². The van der Waals surface area contributed by atoms with Gasteiger partial charge in [0, 0.05) is 11.9 Å². The van der Waals surface area contributed by atoms with Gasteiger partial charge in [-0.05, 0) is 35.4 Å². The maximum Gasteiger partial charge on any atom is 0.130 e. The van der Waals surface area contributed by atoms with Gasteiger partial charge < -0.3 is 5.32 Å². The molecule has 21 heavy (non-hydrogen) atoms. The lowest BCUT2D eigenvalue weighted by molar-refractivity contribution is 1.29. The normalized spacial score (nSPS) is 9.86. The number of benzene rings is 2. The van der Waals surface area contributed by atoms with Crippen molar-refractivity contribution in [1.29, 1.82) is 5.26 Å². The molecule has 0 saturated carbocycles. The Hall–Kier alpha value is -3.12. The lowest BCUT2D eigenvalue weighted by Crippen LogP contribution is -1.93. The van der Waals surface area contributed by atoms with Crippen LogP contribution in [0, 0.1) is 11.3 Å². The first-order valence-electron chi connectivity index (χ1n) is 6.64. The molecule has 0 atom stereocenters. The predicted octanol–water partition coefficient (Wildman–Crippen LogP) is 4.36. The molecule has 1 aromatic heterocycles. The van der Waals surface area contributed by atoms with Gasteiger partial charge in [0.05, 0.1) is 5.56 Å². The van der Waals surface area contributed by atoms with E-state index in [1.165, 1.54) is 11.1 Å². The Balaban J connectivity index is 1.76. The summed E-state index contributed by atoms with van der Waals surface area (Å²) in [6.07, 6.45) is 1.56. The van der Waals surface area contributed by atoms with Crippen molar-refractivity contribution in [3.8, 4) is 17.2 Å². The van der Waals surface area contributed by atoms with Crippen molar-refractivity contribution >= 4 is 11.5 Å². The monoisotopic (exact) mass is 271 g/mol. The number of hydrogen-bond donors (Lipinski definition) is 1. The summed E-state index contributed by atoms with van der Waals surface area (Å²) in [5.41, 5.74) is 3.89. The quantitative estimate of drug-likeness (QED) is 0.769. The molecule has 0 aliphatic carbocycles. The van der Waals surface area contributed by atoms with Gasteiger partial charge in [0.1, 0.15) is 11.9 Å². The average molecular weight is 271 g/mol. The highest BCUT2D eigenvalue weighted by Crippen LogP contribution is 2.22. The lowest BCUT2D eigenvalue weighted by Gasteiger charge is -2.07. The molecule has 0 aliphatic rings. The molecule has 3 aromatic rings. The van der Waals surface area contributed by atoms with E-state index in [-0.39, 0.29) is 0 Å². The smallest absolute Gasteiger partial charge is 0.130 e. The Bertz CT molecular complexity index is 754. The van der Waals surface area contributed by atoms with Crippen molar-refractivity contribution in [2.24, 2.45) is 0 Å². The summed E-state index contributed by atoms with van der Waals surface area (Å²) in [7, 11) is 0. The van der Waals surface area contributed by atoms with Gasteiger partial charge in [-0.2, -0.15) is 5.26 Å². The van der Waals surface area contributed by atoms with Gasteiger partial charge >= 0.3 is 0 Å². The first-order valence-corrected chi connectivity index (χ1v) is 6.64. The van der Waals surface area contributed by atoms with E-state index in [9.17, 15) is 0 Å². The van der Waals surface area contributed by atoms with Gasteiger partial charge in [-0.3, -0.25) is 0 Å². The molecule has 0 bridgehead atoms. The summed E-state index contributed by atoms with van der Waals surface area (Å²) in [5.74, 6) is 0.724. The molecule has 1 heterocycles. The maximum atomic E-state index is 8.75. The summed E-state index contributed by atoms with van der Waals surface area (Å²) in [6.45, 7) is 0. The van der Waals surface area contributed by atoms with E-state index in [0.29, 0.717) is 5.56 Å². The molecule has 0 radical (unpaired) electrons. The van der Waals surface area contributed by atoms with Gasteiger partial charge in [-0.15, -0.1) is 0 Å². The number of nitrogens with zero attached hydrogens (tertiary/aromatic N) is 2. The van der Waals surface area contributed by atoms with Crippen LogP contribution in [-0.2, 0) is 0 Å². The van der Waals surface area contributed by atoms with Gasteiger partial charge in [0.2, 0.25) is 0 Å². The summed E-state index contributed by atoms with van der Waals surface area (Å²) < 4.78 is 0. The molecule has 3 rings (SSSR count). The van der Waals surface area contributed by atoms with Crippen LogP contribution < -0.4 is 5.32 Å². The van der Waals surface area contributed by atoms with E-state index in [1.807, 2.05) is 30.3 Å². The van der Waals surface area contributed by atoms with Crippen molar-refractivity contribution in [2.45, 2.75) is 0 Å². The fraction of sp³-hybridized carbons (Fsp3) is 0. The van der Waals surface area contributed by atoms with Crippen molar-refractivity contribution in [3.63, 3.8) is 0 Å². The van der Waals surface area contributed by atoms with E-state index in [2.05, 4.69) is 40.6 Å². The van der Waals surface area contributed by atoms with E-state index in [1.54, 1.807) is 18.3 Å². The third kappa shape index (κ3) is 3.07. The molecular formula is C18H13N3. The number of nitrogens with one attached hydrogen (secondary N) is 1. The molecule has 0 fully saturated rings. The van der Waals surface area contributed by atoms with Crippen LogP contribution >= 0.6 is 0 Å². The summed E-state index contributed by atoms with van der Waals surface area (Å²) in [6, 6.07) is 24.0. The second-order valence-corrected chi connectivity index (χ2v) is 4.61. The van der Waals surface area contributed by atoms with Crippen LogP contribution in [0.4, 0.5) is 11.5 Å². The Morgan fingerprint density at radius 3 is 2.14 bits per heavy atom. The van der Waals surface area contributed by atoms with Crippen LogP contribution in [-0.4, -0.2) is 4.98 Å². The number of hydrogen-bond acceptors (Lipinski definition) is 3. The third-order valence-electron chi connectivity index (χ3n) is 3.16. The van der Waals surface area contributed by atoms with E-state index in [4.69, 9.17) is 5.26 Å². The zero-order valence-electron chi connectivity index (χ0n) is 11.3. The number of nitriles is 1. The number of anilines is 2. The lowest BCUT2D eigenvalue weighted by atomic mass is 10.1. The Morgan fingerprint density at radius 2 is 1.52 bits per heavy atom. The summed E-state index contributed by atoms with van der Waals surface area (Å²) in [5, 5.41) is 12.0. The predicted molar refractivity (Wildman–Crippen MR) is 84.1 cm³/mol. The van der Waals surface area contributed by atoms with Crippen LogP contribution in [0.2, 0.25) is 0 Å². The van der Waals surface area contributed by atoms with Crippen molar-refractivity contribution in [3.05, 3.63) is 78.5 Å². The Labute approximate surface area is 123 Å². The second-order valence-electron chi connectivity index (χ2n) is 4.61. The minimum Gasteiger partial charge on any atom is -0.340 e. The Morgan fingerprint density at radius 1 is 0.810 bits per heavy atom. The standard InChI is InChI=1S/C18H13N3/c19-12-14-6-11-18(20-13-14)21-17-9-7-16(8-10-17)15-4-2-1-3-5-15/h1-11,13H,(H,20,21). The molecular weight excluding hydrogens is 258 g/mol. The van der Waals surface area contributed by atoms with Crippen LogP contribution in [0.15, 0.2) is 72.9 Å². The van der Waals surface area contributed by atoms with Crippen LogP contribution in [0.1, 0.15) is 5.56 Å². The fourth-order valence-electron chi connectivity index (χ4n) is 2.06. The zero-order valence-corrected chi connectivity index (χ0v) is 11.3. The third-order valence-corrected chi connectivity index (χ3v) is 3.16. The topological polar surface area (TPSA) is 48.7 Å². The van der Waals surface area contributed by atoms with Gasteiger partial charge in [0.15, 0.2) is 0 Å². The van der Waals surface area contributed by atoms with Crippen molar-refractivity contribution in [2.75, 3.05) is 5.32 Å². The van der Waals surface area contributed by atoms with E-state index in [0.717, 1.165) is 11.5 Å². The zero-order chi connectivity index (χ0) is 14.5. The maximum absolute atomic E-state index is 8.75. The van der Waals surface area contributed by atoms with Crippen molar-refractivity contribution in [1.82, 2.24) is 4.98 Å². The Kier molecular flexibility index (Phi) is 3.62. The van der Waals surface area contributed by atoms with E-state index < -0.39 is 0 Å². The number of aromatic nitrogens is 1. The van der Waals surface area contributed by atoms with Crippen molar-refractivity contribution < 1.29 is 0 Å². The highest BCUT2D eigenvalue weighted by atomic mass is 15.0. The van der Waals surface area contributed by atoms with Crippen LogP contribution in [0.5, 0.6) is 0 Å². The van der Waals surface area contributed by atoms with Crippen LogP contribution in [0.25, 0.3) is 11.1 Å². The molecule has 1 N–H and O–H groups in total. The molecule has 3 nitrogen and oxygen atoms in total. The molecule has 0 amide bonds. The first-order chi connectivity index (χ1) is 10.3. The molecule has 100 valence electrons. The second kappa shape index (κ2) is 5.89. The summed E-state index contributed by atoms with van der Waals surface area (Å²) >= 11 is 0. The summed E-state index contributed by atoms with van der Waals surface area (Å²) in [4.78, 5) is 4.19. The number of rotatable bonds is 3.